The summed E-state index contributed by atoms with van der Waals surface area (Å²) >= 11 is 10.2. The van der Waals surface area contributed by atoms with E-state index in [0.717, 1.165) is 0 Å². The first-order chi connectivity index (χ1) is 6.59. The Morgan fingerprint density at radius 2 is 1.86 bits per heavy atom. The molecule has 1 aromatic rings. The normalized spacial score (nSPS) is 9.21. The summed E-state index contributed by atoms with van der Waals surface area (Å²) in [5.74, 6) is -0.325. The lowest BCUT2D eigenvalue weighted by Gasteiger charge is -2.05. The number of hydrazine groups is 1. The quantitative estimate of drug-likeness (QED) is 0.493. The molecule has 1 aromatic carbocycles. The fraction of sp³-hybridized carbons (Fsp3) is 0. The van der Waals surface area contributed by atoms with Crippen molar-refractivity contribution in [1.82, 2.24) is 10.9 Å². The van der Waals surface area contributed by atoms with Crippen LogP contribution in [0.2, 0.25) is 5.02 Å². The number of hydrogen-bond donors (Lipinski definition) is 3. The van der Waals surface area contributed by atoms with Gasteiger partial charge in [-0.25, -0.2) is 0 Å². The maximum atomic E-state index is 11.3. The van der Waals surface area contributed by atoms with Gasteiger partial charge in [0.05, 0.1) is 0 Å². The summed E-state index contributed by atoms with van der Waals surface area (Å²) < 4.78 is 0. The van der Waals surface area contributed by atoms with E-state index in [4.69, 9.17) is 17.3 Å². The number of halogens is 1. The maximum Gasteiger partial charge on any atom is 0.269 e. The summed E-state index contributed by atoms with van der Waals surface area (Å²) in [7, 11) is 0. The number of nitrogens with one attached hydrogen (secondary N) is 2. The molecule has 0 radical (unpaired) electrons. The van der Waals surface area contributed by atoms with Gasteiger partial charge in [0.25, 0.3) is 5.91 Å². The number of nitrogens with two attached hydrogens (primary N) is 1. The summed E-state index contributed by atoms with van der Waals surface area (Å²) in [6.45, 7) is 0. The van der Waals surface area contributed by atoms with Crippen molar-refractivity contribution in [3.63, 3.8) is 0 Å². The lowest BCUT2D eigenvalue weighted by Crippen LogP contribution is -2.44. The van der Waals surface area contributed by atoms with Gasteiger partial charge in [-0.05, 0) is 36.5 Å². The number of thiocarbonyl (C=S) groups is 1. The SMILES string of the molecule is NC(=S)NNC(=O)c1ccc(Cl)cc1. The molecule has 0 atom stereocenters. The van der Waals surface area contributed by atoms with Crippen LogP contribution in [0.1, 0.15) is 10.4 Å². The van der Waals surface area contributed by atoms with E-state index in [0.29, 0.717) is 10.6 Å². The predicted molar refractivity (Wildman–Crippen MR) is 58.8 cm³/mol. The molecule has 0 unspecified atom stereocenters. The van der Waals surface area contributed by atoms with Crippen molar-refractivity contribution in [3.05, 3.63) is 34.9 Å². The molecule has 0 aliphatic carbocycles. The number of carbonyl (C=O) groups is 1. The Morgan fingerprint density at radius 3 is 2.36 bits per heavy atom. The number of benzene rings is 1. The first kappa shape index (κ1) is 10.7. The molecular formula is C8H8ClN3OS. The minimum Gasteiger partial charge on any atom is -0.375 e. The Balaban J connectivity index is 2.61. The fourth-order valence-electron chi connectivity index (χ4n) is 0.792. The molecule has 0 aromatic heterocycles. The van der Waals surface area contributed by atoms with Gasteiger partial charge in [-0.3, -0.25) is 15.6 Å². The molecule has 0 fully saturated rings. The second-order valence-corrected chi connectivity index (χ2v) is 3.33. The van der Waals surface area contributed by atoms with Gasteiger partial charge in [0.15, 0.2) is 5.11 Å². The molecule has 1 amide bonds. The van der Waals surface area contributed by atoms with E-state index in [1.165, 1.54) is 0 Å². The van der Waals surface area contributed by atoms with Crippen LogP contribution in [0.15, 0.2) is 24.3 Å². The highest BCUT2D eigenvalue weighted by Crippen LogP contribution is 2.08. The zero-order valence-corrected chi connectivity index (χ0v) is 8.65. The van der Waals surface area contributed by atoms with Gasteiger partial charge < -0.3 is 5.73 Å². The average molecular weight is 230 g/mol. The van der Waals surface area contributed by atoms with Gasteiger partial charge in [0.2, 0.25) is 0 Å². The van der Waals surface area contributed by atoms with Crippen LogP contribution in [0.25, 0.3) is 0 Å². The second kappa shape index (κ2) is 4.78. The Bertz CT molecular complexity index is 352. The van der Waals surface area contributed by atoms with Crippen molar-refractivity contribution >= 4 is 34.8 Å². The van der Waals surface area contributed by atoms with Crippen LogP contribution >= 0.6 is 23.8 Å². The molecule has 4 N–H and O–H groups in total. The molecule has 0 aliphatic heterocycles. The Kier molecular flexibility index (Phi) is 3.67. The minimum absolute atomic E-state index is 0.00677. The lowest BCUT2D eigenvalue weighted by atomic mass is 10.2. The van der Waals surface area contributed by atoms with Crippen LogP contribution in [-0.4, -0.2) is 11.0 Å². The molecule has 74 valence electrons. The van der Waals surface area contributed by atoms with Gasteiger partial charge in [0, 0.05) is 10.6 Å². The fourth-order valence-corrected chi connectivity index (χ4v) is 0.969. The van der Waals surface area contributed by atoms with Gasteiger partial charge >= 0.3 is 0 Å². The summed E-state index contributed by atoms with van der Waals surface area (Å²) in [5, 5.41) is 0.580. The molecule has 6 heteroatoms. The Morgan fingerprint density at radius 1 is 1.29 bits per heavy atom. The number of rotatable bonds is 1. The zero-order chi connectivity index (χ0) is 10.6. The predicted octanol–water partition coefficient (Wildman–Crippen LogP) is 0.818. The van der Waals surface area contributed by atoms with Crippen molar-refractivity contribution < 1.29 is 4.79 Å². The lowest BCUT2D eigenvalue weighted by molar-refractivity contribution is 0.0944. The van der Waals surface area contributed by atoms with Crippen LogP contribution in [0, 0.1) is 0 Å². The van der Waals surface area contributed by atoms with E-state index in [2.05, 4.69) is 23.1 Å². The number of carbonyl (C=O) groups excluding carboxylic acids is 1. The van der Waals surface area contributed by atoms with E-state index in [9.17, 15) is 4.79 Å². The van der Waals surface area contributed by atoms with Crippen molar-refractivity contribution in [1.29, 1.82) is 0 Å². The van der Waals surface area contributed by atoms with Crippen LogP contribution in [0.3, 0.4) is 0 Å². The Labute approximate surface area is 91.4 Å². The monoisotopic (exact) mass is 229 g/mol. The maximum absolute atomic E-state index is 11.3. The first-order valence-corrected chi connectivity index (χ1v) is 4.49. The summed E-state index contributed by atoms with van der Waals surface area (Å²) in [6, 6.07) is 6.44. The molecule has 1 rings (SSSR count). The average Bonchev–Trinajstić information content (AvgIpc) is 2.15. The first-order valence-electron chi connectivity index (χ1n) is 3.71. The van der Waals surface area contributed by atoms with Crippen LogP contribution < -0.4 is 16.6 Å². The molecular weight excluding hydrogens is 222 g/mol. The van der Waals surface area contributed by atoms with Gasteiger partial charge in [-0.1, -0.05) is 11.6 Å². The summed E-state index contributed by atoms with van der Waals surface area (Å²) in [5.41, 5.74) is 10.3. The molecule has 0 bridgehead atoms. The minimum atomic E-state index is -0.325. The molecule has 0 saturated heterocycles. The third-order valence-corrected chi connectivity index (χ3v) is 1.76. The van der Waals surface area contributed by atoms with E-state index in [-0.39, 0.29) is 11.0 Å². The third-order valence-electron chi connectivity index (χ3n) is 1.41. The van der Waals surface area contributed by atoms with Crippen molar-refractivity contribution in [2.75, 3.05) is 0 Å². The second-order valence-electron chi connectivity index (χ2n) is 2.45. The van der Waals surface area contributed by atoms with Crippen molar-refractivity contribution in [3.8, 4) is 0 Å². The van der Waals surface area contributed by atoms with E-state index in [1.54, 1.807) is 24.3 Å². The molecule has 0 aliphatic rings. The zero-order valence-electron chi connectivity index (χ0n) is 7.08. The molecule has 0 saturated carbocycles. The van der Waals surface area contributed by atoms with Crippen LogP contribution in [-0.2, 0) is 0 Å². The highest BCUT2D eigenvalue weighted by molar-refractivity contribution is 7.80. The van der Waals surface area contributed by atoms with E-state index < -0.39 is 0 Å². The largest absolute Gasteiger partial charge is 0.375 e. The molecule has 4 nitrogen and oxygen atoms in total. The molecule has 0 spiro atoms. The molecule has 0 heterocycles. The summed E-state index contributed by atoms with van der Waals surface area (Å²) in [6.07, 6.45) is 0. The van der Waals surface area contributed by atoms with Gasteiger partial charge in [-0.15, -0.1) is 0 Å². The Hall–Kier alpha value is -1.33. The third kappa shape index (κ3) is 3.20. The highest BCUT2D eigenvalue weighted by atomic mass is 35.5. The van der Waals surface area contributed by atoms with E-state index in [1.807, 2.05) is 0 Å². The van der Waals surface area contributed by atoms with Gasteiger partial charge in [0.1, 0.15) is 0 Å². The highest BCUT2D eigenvalue weighted by Gasteiger charge is 2.03. The smallest absolute Gasteiger partial charge is 0.269 e. The standard InChI is InChI=1S/C8H8ClN3OS/c9-6-3-1-5(2-4-6)7(13)11-12-8(10)14/h1-4H,(H,11,13)(H3,10,12,14). The topological polar surface area (TPSA) is 67.2 Å². The van der Waals surface area contributed by atoms with Gasteiger partial charge in [-0.2, -0.15) is 0 Å². The molecule has 14 heavy (non-hydrogen) atoms. The summed E-state index contributed by atoms with van der Waals surface area (Å²) in [4.78, 5) is 11.3. The van der Waals surface area contributed by atoms with Crippen molar-refractivity contribution in [2.24, 2.45) is 5.73 Å². The van der Waals surface area contributed by atoms with E-state index >= 15 is 0 Å². The van der Waals surface area contributed by atoms with Crippen LogP contribution in [0.4, 0.5) is 0 Å². The number of hydrogen-bond acceptors (Lipinski definition) is 2. The van der Waals surface area contributed by atoms with Crippen molar-refractivity contribution in [2.45, 2.75) is 0 Å². The number of amides is 1. The van der Waals surface area contributed by atoms with Crippen LogP contribution in [0.5, 0.6) is 0 Å².